The Morgan fingerprint density at radius 1 is 1.41 bits per heavy atom. The normalized spacial score (nSPS) is 19.2. The maximum absolute atomic E-state index is 11.4. The molecule has 116 valence electrons. The number of H-pyrrole nitrogens is 1. The van der Waals surface area contributed by atoms with Crippen LogP contribution in [0.15, 0.2) is 30.5 Å². The van der Waals surface area contributed by atoms with E-state index in [4.69, 9.17) is 0 Å². The van der Waals surface area contributed by atoms with Crippen LogP contribution in [-0.2, 0) is 6.54 Å². The van der Waals surface area contributed by atoms with E-state index in [9.17, 15) is 9.90 Å². The minimum Gasteiger partial charge on any atom is -0.478 e. The van der Waals surface area contributed by atoms with E-state index in [1.165, 1.54) is 12.0 Å². The van der Waals surface area contributed by atoms with Crippen LogP contribution >= 0.6 is 0 Å². The molecule has 2 heterocycles. The molecule has 0 saturated carbocycles. The zero-order chi connectivity index (χ0) is 15.5. The predicted octanol–water partition coefficient (Wildman–Crippen LogP) is 3.14. The average molecular weight is 299 g/mol. The van der Waals surface area contributed by atoms with Gasteiger partial charge in [0.1, 0.15) is 0 Å². The van der Waals surface area contributed by atoms with Crippen LogP contribution in [-0.4, -0.2) is 32.7 Å². The van der Waals surface area contributed by atoms with E-state index < -0.39 is 5.97 Å². The van der Waals surface area contributed by atoms with E-state index in [-0.39, 0.29) is 6.04 Å². The Morgan fingerprint density at radius 2 is 2.23 bits per heavy atom. The molecule has 1 aliphatic heterocycles. The summed E-state index contributed by atoms with van der Waals surface area (Å²) in [6.45, 7) is 3.71. The number of nitrogens with zero attached hydrogens (tertiary/aromatic N) is 2. The third kappa shape index (κ3) is 2.90. The zero-order valence-corrected chi connectivity index (χ0v) is 12.7. The summed E-state index contributed by atoms with van der Waals surface area (Å²) in [7, 11) is 0. The van der Waals surface area contributed by atoms with Gasteiger partial charge in [-0.05, 0) is 43.5 Å². The highest BCUT2D eigenvalue weighted by atomic mass is 16.4. The molecule has 0 radical (unpaired) electrons. The molecule has 1 fully saturated rings. The van der Waals surface area contributed by atoms with Crippen LogP contribution in [0.5, 0.6) is 0 Å². The van der Waals surface area contributed by atoms with Gasteiger partial charge in [0.15, 0.2) is 0 Å². The molecule has 5 nitrogen and oxygen atoms in total. The van der Waals surface area contributed by atoms with Gasteiger partial charge in [-0.25, -0.2) is 4.79 Å². The molecule has 0 unspecified atom stereocenters. The third-order valence-corrected chi connectivity index (χ3v) is 4.44. The minimum absolute atomic E-state index is 0.290. The molecule has 2 aromatic rings. The summed E-state index contributed by atoms with van der Waals surface area (Å²) in [5.74, 6) is -0.859. The summed E-state index contributed by atoms with van der Waals surface area (Å²) in [6.07, 6.45) is 5.28. The average Bonchev–Trinajstić information content (AvgIpc) is 2.94. The molecule has 3 rings (SSSR count). The number of carbonyl (C=O) groups is 1. The van der Waals surface area contributed by atoms with Crippen molar-refractivity contribution in [2.75, 3.05) is 6.54 Å². The lowest BCUT2D eigenvalue weighted by atomic mass is 9.96. The highest BCUT2D eigenvalue weighted by molar-refractivity contribution is 5.89. The van der Waals surface area contributed by atoms with E-state index in [0.29, 0.717) is 12.1 Å². The van der Waals surface area contributed by atoms with Crippen LogP contribution in [0.1, 0.15) is 52.5 Å². The Labute approximate surface area is 130 Å². The number of piperidine rings is 1. The van der Waals surface area contributed by atoms with Gasteiger partial charge >= 0.3 is 5.97 Å². The lowest BCUT2D eigenvalue weighted by Crippen LogP contribution is -2.34. The Balaban J connectivity index is 1.86. The minimum atomic E-state index is -0.859. The number of carboxylic acid groups (broad SMARTS) is 1. The molecule has 5 heteroatoms. The SMILES string of the molecule is Cc1cn[nH]c1[C@@H]1CCCCN1Cc1ccccc1C(=O)O. The molecule has 1 saturated heterocycles. The van der Waals surface area contributed by atoms with E-state index >= 15 is 0 Å². The molecular formula is C17H21N3O2. The van der Waals surface area contributed by atoms with Crippen molar-refractivity contribution in [3.05, 3.63) is 52.8 Å². The van der Waals surface area contributed by atoms with Crippen LogP contribution in [0.25, 0.3) is 0 Å². The summed E-state index contributed by atoms with van der Waals surface area (Å²) in [6, 6.07) is 7.56. The first-order valence-electron chi connectivity index (χ1n) is 7.72. The first kappa shape index (κ1) is 14.8. The standard InChI is InChI=1S/C17H21N3O2/c1-12-10-18-19-16(12)15-8-4-5-9-20(15)11-13-6-2-3-7-14(13)17(21)22/h2-3,6-7,10,15H,4-5,8-9,11H2,1H3,(H,18,19)(H,21,22)/t15-/m0/s1. The fourth-order valence-electron chi connectivity index (χ4n) is 3.29. The van der Waals surface area contributed by atoms with Crippen molar-refractivity contribution >= 4 is 5.97 Å². The van der Waals surface area contributed by atoms with Gasteiger partial charge in [0.2, 0.25) is 0 Å². The van der Waals surface area contributed by atoms with Crippen molar-refractivity contribution in [3.63, 3.8) is 0 Å². The number of hydrogen-bond acceptors (Lipinski definition) is 3. The largest absolute Gasteiger partial charge is 0.478 e. The molecule has 1 aliphatic rings. The molecule has 1 atom stereocenters. The first-order valence-corrected chi connectivity index (χ1v) is 7.72. The number of aryl methyl sites for hydroxylation is 1. The molecular weight excluding hydrogens is 278 g/mol. The van der Waals surface area contributed by atoms with Gasteiger partial charge in [-0.15, -0.1) is 0 Å². The fraction of sp³-hybridized carbons (Fsp3) is 0.412. The van der Waals surface area contributed by atoms with Crippen LogP contribution in [0.2, 0.25) is 0 Å². The van der Waals surface area contributed by atoms with Gasteiger partial charge in [0.25, 0.3) is 0 Å². The number of rotatable bonds is 4. The number of carboxylic acids is 1. The number of aromatic amines is 1. The highest BCUT2D eigenvalue weighted by Crippen LogP contribution is 2.32. The van der Waals surface area contributed by atoms with E-state index in [0.717, 1.165) is 30.6 Å². The number of likely N-dealkylation sites (tertiary alicyclic amines) is 1. The summed E-state index contributed by atoms with van der Waals surface area (Å²) in [5.41, 5.74) is 3.60. The van der Waals surface area contributed by atoms with Gasteiger partial charge in [0.05, 0.1) is 23.5 Å². The summed E-state index contributed by atoms with van der Waals surface area (Å²) >= 11 is 0. The molecule has 2 N–H and O–H groups in total. The maximum Gasteiger partial charge on any atom is 0.336 e. The second-order valence-electron chi connectivity index (χ2n) is 5.91. The monoisotopic (exact) mass is 299 g/mol. The van der Waals surface area contributed by atoms with Crippen LogP contribution in [0, 0.1) is 6.92 Å². The maximum atomic E-state index is 11.4. The Hall–Kier alpha value is -2.14. The number of hydrogen-bond donors (Lipinski definition) is 2. The van der Waals surface area contributed by atoms with Crippen molar-refractivity contribution in [3.8, 4) is 0 Å². The van der Waals surface area contributed by atoms with Gasteiger partial charge in [-0.2, -0.15) is 5.10 Å². The molecule has 1 aromatic carbocycles. The van der Waals surface area contributed by atoms with Gasteiger partial charge in [0, 0.05) is 6.54 Å². The van der Waals surface area contributed by atoms with E-state index in [2.05, 4.69) is 22.0 Å². The van der Waals surface area contributed by atoms with Crippen molar-refractivity contribution in [1.82, 2.24) is 15.1 Å². The lowest BCUT2D eigenvalue weighted by molar-refractivity contribution is 0.0692. The second kappa shape index (κ2) is 6.32. The highest BCUT2D eigenvalue weighted by Gasteiger charge is 2.27. The Kier molecular flexibility index (Phi) is 4.24. The first-order chi connectivity index (χ1) is 10.7. The van der Waals surface area contributed by atoms with Crippen molar-refractivity contribution in [2.24, 2.45) is 0 Å². The number of aromatic nitrogens is 2. The molecule has 0 bridgehead atoms. The summed E-state index contributed by atoms with van der Waals surface area (Å²) < 4.78 is 0. The predicted molar refractivity (Wildman–Crippen MR) is 83.7 cm³/mol. The smallest absolute Gasteiger partial charge is 0.336 e. The van der Waals surface area contributed by atoms with Crippen LogP contribution in [0.4, 0.5) is 0 Å². The Bertz CT molecular complexity index is 665. The molecule has 0 spiro atoms. The molecule has 0 amide bonds. The van der Waals surface area contributed by atoms with Gasteiger partial charge < -0.3 is 5.11 Å². The van der Waals surface area contributed by atoms with Crippen LogP contribution in [0.3, 0.4) is 0 Å². The summed E-state index contributed by atoms with van der Waals surface area (Å²) in [5, 5.41) is 16.6. The second-order valence-corrected chi connectivity index (χ2v) is 5.91. The molecule has 22 heavy (non-hydrogen) atoms. The van der Waals surface area contributed by atoms with Gasteiger partial charge in [-0.3, -0.25) is 10.00 Å². The summed E-state index contributed by atoms with van der Waals surface area (Å²) in [4.78, 5) is 13.8. The number of nitrogens with one attached hydrogen (secondary N) is 1. The molecule has 0 aliphatic carbocycles. The van der Waals surface area contributed by atoms with Crippen molar-refractivity contribution in [2.45, 2.75) is 38.8 Å². The number of aromatic carboxylic acids is 1. The fourth-order valence-corrected chi connectivity index (χ4v) is 3.29. The lowest BCUT2D eigenvalue weighted by Gasteiger charge is -2.35. The third-order valence-electron chi connectivity index (χ3n) is 4.44. The molecule has 1 aromatic heterocycles. The van der Waals surface area contributed by atoms with E-state index in [1.54, 1.807) is 12.1 Å². The number of benzene rings is 1. The Morgan fingerprint density at radius 3 is 2.95 bits per heavy atom. The van der Waals surface area contributed by atoms with E-state index in [1.807, 2.05) is 18.3 Å². The van der Waals surface area contributed by atoms with Crippen molar-refractivity contribution in [1.29, 1.82) is 0 Å². The topological polar surface area (TPSA) is 69.2 Å². The van der Waals surface area contributed by atoms with Crippen molar-refractivity contribution < 1.29 is 9.90 Å². The van der Waals surface area contributed by atoms with Gasteiger partial charge in [-0.1, -0.05) is 24.6 Å². The van der Waals surface area contributed by atoms with Crippen LogP contribution < -0.4 is 0 Å². The zero-order valence-electron chi connectivity index (χ0n) is 12.7. The quantitative estimate of drug-likeness (QED) is 0.910.